The third kappa shape index (κ3) is 3.11. The Morgan fingerprint density at radius 1 is 1.45 bits per heavy atom. The molecular formula is C13H16N4O3. The minimum absolute atomic E-state index is 0.130. The summed E-state index contributed by atoms with van der Waals surface area (Å²) in [6, 6.07) is 4.96. The number of carboxylic acids is 1. The standard InChI is InChI=1S/C13H16N4O3/c1-3-6-17-12(14-15-16-17)8-20-11-7-9(2)4-5-10(11)13(18)19/h4-5,7H,3,6,8H2,1-2H3,(H,18,19). The molecule has 2 rings (SSSR count). The van der Waals surface area contributed by atoms with Gasteiger partial charge in [-0.2, -0.15) is 0 Å². The van der Waals surface area contributed by atoms with Crippen LogP contribution in [0.25, 0.3) is 0 Å². The lowest BCUT2D eigenvalue weighted by molar-refractivity contribution is 0.0691. The Morgan fingerprint density at radius 2 is 2.25 bits per heavy atom. The Bertz CT molecular complexity index is 609. The van der Waals surface area contributed by atoms with Gasteiger partial charge in [-0.3, -0.25) is 0 Å². The van der Waals surface area contributed by atoms with Crippen LogP contribution in [-0.2, 0) is 13.2 Å². The van der Waals surface area contributed by atoms with Gasteiger partial charge in [0.15, 0.2) is 5.82 Å². The van der Waals surface area contributed by atoms with Crippen LogP contribution < -0.4 is 4.74 Å². The third-order valence-corrected chi connectivity index (χ3v) is 2.77. The minimum atomic E-state index is -1.02. The molecule has 0 saturated heterocycles. The molecular weight excluding hydrogens is 260 g/mol. The quantitative estimate of drug-likeness (QED) is 0.863. The lowest BCUT2D eigenvalue weighted by Gasteiger charge is -2.09. The van der Waals surface area contributed by atoms with E-state index >= 15 is 0 Å². The van der Waals surface area contributed by atoms with Crippen LogP contribution in [0.4, 0.5) is 0 Å². The van der Waals surface area contributed by atoms with Crippen molar-refractivity contribution in [1.29, 1.82) is 0 Å². The number of rotatable bonds is 6. The minimum Gasteiger partial charge on any atom is -0.485 e. The number of hydrogen-bond donors (Lipinski definition) is 1. The highest BCUT2D eigenvalue weighted by atomic mass is 16.5. The van der Waals surface area contributed by atoms with Crippen LogP contribution in [0.3, 0.4) is 0 Å². The summed E-state index contributed by atoms with van der Waals surface area (Å²) < 4.78 is 7.22. The zero-order valence-corrected chi connectivity index (χ0v) is 11.4. The van der Waals surface area contributed by atoms with Crippen molar-refractivity contribution in [3.63, 3.8) is 0 Å². The average Bonchev–Trinajstić information content (AvgIpc) is 2.84. The van der Waals surface area contributed by atoms with E-state index < -0.39 is 5.97 Å². The molecule has 1 heterocycles. The number of ether oxygens (including phenoxy) is 1. The first-order valence-electron chi connectivity index (χ1n) is 6.33. The lowest BCUT2D eigenvalue weighted by atomic mass is 10.1. The number of carboxylic acid groups (broad SMARTS) is 1. The Labute approximate surface area is 116 Å². The Balaban J connectivity index is 2.16. The van der Waals surface area contributed by atoms with Gasteiger partial charge in [0.2, 0.25) is 0 Å². The first-order valence-corrected chi connectivity index (χ1v) is 6.33. The SMILES string of the molecule is CCCn1nnnc1COc1cc(C)ccc1C(=O)O. The summed E-state index contributed by atoms with van der Waals surface area (Å²) in [6.07, 6.45) is 0.906. The van der Waals surface area contributed by atoms with Crippen molar-refractivity contribution in [2.24, 2.45) is 0 Å². The predicted octanol–water partition coefficient (Wildman–Crippen LogP) is 1.67. The monoisotopic (exact) mass is 276 g/mol. The first-order chi connectivity index (χ1) is 9.61. The van der Waals surface area contributed by atoms with E-state index in [9.17, 15) is 4.79 Å². The van der Waals surface area contributed by atoms with Gasteiger partial charge in [-0.05, 0) is 41.5 Å². The topological polar surface area (TPSA) is 90.1 Å². The number of nitrogens with zero attached hydrogens (tertiary/aromatic N) is 4. The molecule has 0 amide bonds. The van der Waals surface area contributed by atoms with E-state index in [1.54, 1.807) is 16.8 Å². The van der Waals surface area contributed by atoms with Gasteiger partial charge in [0, 0.05) is 6.54 Å². The first kappa shape index (κ1) is 14.0. The Morgan fingerprint density at radius 3 is 2.95 bits per heavy atom. The maximum atomic E-state index is 11.1. The van der Waals surface area contributed by atoms with Gasteiger partial charge in [0.1, 0.15) is 17.9 Å². The molecule has 1 aromatic heterocycles. The highest BCUT2D eigenvalue weighted by Gasteiger charge is 2.13. The van der Waals surface area contributed by atoms with Crippen LogP contribution in [0.5, 0.6) is 5.75 Å². The van der Waals surface area contributed by atoms with E-state index in [0.717, 1.165) is 12.0 Å². The smallest absolute Gasteiger partial charge is 0.339 e. The van der Waals surface area contributed by atoms with Crippen LogP contribution >= 0.6 is 0 Å². The van der Waals surface area contributed by atoms with Crippen molar-refractivity contribution in [2.45, 2.75) is 33.4 Å². The number of hydrogen-bond acceptors (Lipinski definition) is 5. The Hall–Kier alpha value is -2.44. The second kappa shape index (κ2) is 6.14. The number of aryl methyl sites for hydroxylation is 2. The molecule has 0 aliphatic rings. The second-order valence-corrected chi connectivity index (χ2v) is 4.41. The van der Waals surface area contributed by atoms with Crippen LogP contribution in [-0.4, -0.2) is 31.3 Å². The highest BCUT2D eigenvalue weighted by molar-refractivity contribution is 5.90. The molecule has 7 heteroatoms. The molecule has 0 radical (unpaired) electrons. The third-order valence-electron chi connectivity index (χ3n) is 2.77. The molecule has 1 N–H and O–H groups in total. The summed E-state index contributed by atoms with van der Waals surface area (Å²) >= 11 is 0. The zero-order valence-electron chi connectivity index (χ0n) is 11.4. The lowest BCUT2D eigenvalue weighted by Crippen LogP contribution is -2.10. The normalized spacial score (nSPS) is 10.5. The summed E-state index contributed by atoms with van der Waals surface area (Å²) in [6.45, 7) is 4.73. The number of tetrazole rings is 1. The molecule has 0 atom stereocenters. The maximum Gasteiger partial charge on any atom is 0.339 e. The van der Waals surface area contributed by atoms with E-state index in [1.165, 1.54) is 6.07 Å². The second-order valence-electron chi connectivity index (χ2n) is 4.41. The predicted molar refractivity (Wildman–Crippen MR) is 70.6 cm³/mol. The summed E-state index contributed by atoms with van der Waals surface area (Å²) in [5, 5.41) is 20.5. The van der Waals surface area contributed by atoms with Crippen LogP contribution in [0, 0.1) is 6.92 Å². The Kier molecular flexibility index (Phi) is 4.29. The maximum absolute atomic E-state index is 11.1. The van der Waals surface area contributed by atoms with Crippen molar-refractivity contribution >= 4 is 5.97 Å². The van der Waals surface area contributed by atoms with Crippen LogP contribution in [0.1, 0.15) is 35.1 Å². The largest absolute Gasteiger partial charge is 0.485 e. The van der Waals surface area contributed by atoms with Crippen molar-refractivity contribution < 1.29 is 14.6 Å². The van der Waals surface area contributed by atoms with Gasteiger partial charge in [-0.25, -0.2) is 9.48 Å². The number of aromatic nitrogens is 4. The van der Waals surface area contributed by atoms with E-state index in [4.69, 9.17) is 9.84 Å². The van der Waals surface area contributed by atoms with Crippen molar-refractivity contribution in [3.05, 3.63) is 35.2 Å². The van der Waals surface area contributed by atoms with Gasteiger partial charge < -0.3 is 9.84 Å². The van der Waals surface area contributed by atoms with Gasteiger partial charge in [0.25, 0.3) is 0 Å². The van der Waals surface area contributed by atoms with E-state index in [2.05, 4.69) is 15.5 Å². The molecule has 1 aromatic carbocycles. The summed E-state index contributed by atoms with van der Waals surface area (Å²) in [4.78, 5) is 11.1. The van der Waals surface area contributed by atoms with Gasteiger partial charge >= 0.3 is 5.97 Å². The molecule has 0 saturated carbocycles. The van der Waals surface area contributed by atoms with Gasteiger partial charge in [-0.1, -0.05) is 13.0 Å². The fourth-order valence-electron chi connectivity index (χ4n) is 1.78. The van der Waals surface area contributed by atoms with Gasteiger partial charge in [0.05, 0.1) is 0 Å². The molecule has 0 spiro atoms. The van der Waals surface area contributed by atoms with Crippen molar-refractivity contribution in [1.82, 2.24) is 20.2 Å². The molecule has 0 bridgehead atoms. The number of carbonyl (C=O) groups is 1. The molecule has 0 fully saturated rings. The molecule has 106 valence electrons. The van der Waals surface area contributed by atoms with Crippen molar-refractivity contribution in [3.8, 4) is 5.75 Å². The highest BCUT2D eigenvalue weighted by Crippen LogP contribution is 2.21. The molecule has 20 heavy (non-hydrogen) atoms. The molecule has 2 aromatic rings. The summed E-state index contributed by atoms with van der Waals surface area (Å²) in [5.74, 6) is -0.124. The van der Waals surface area contributed by atoms with E-state index in [0.29, 0.717) is 18.1 Å². The summed E-state index contributed by atoms with van der Waals surface area (Å²) in [5.41, 5.74) is 1.06. The zero-order chi connectivity index (χ0) is 14.5. The molecule has 7 nitrogen and oxygen atoms in total. The van der Waals surface area contributed by atoms with E-state index in [1.807, 2.05) is 13.8 Å². The molecule has 0 aliphatic heterocycles. The number of aromatic carboxylic acids is 1. The van der Waals surface area contributed by atoms with Crippen molar-refractivity contribution in [2.75, 3.05) is 0 Å². The fraction of sp³-hybridized carbons (Fsp3) is 0.385. The summed E-state index contributed by atoms with van der Waals surface area (Å²) in [7, 11) is 0. The molecule has 0 unspecified atom stereocenters. The van der Waals surface area contributed by atoms with E-state index in [-0.39, 0.29) is 12.2 Å². The fourth-order valence-corrected chi connectivity index (χ4v) is 1.78. The average molecular weight is 276 g/mol. The molecule has 0 aliphatic carbocycles. The van der Waals surface area contributed by atoms with Gasteiger partial charge in [-0.15, -0.1) is 5.10 Å². The van der Waals surface area contributed by atoms with Crippen LogP contribution in [0.2, 0.25) is 0 Å². The number of benzene rings is 1. The van der Waals surface area contributed by atoms with Crippen LogP contribution in [0.15, 0.2) is 18.2 Å².